The van der Waals surface area contributed by atoms with Gasteiger partial charge in [-0.2, -0.15) is 0 Å². The first-order chi connectivity index (χ1) is 13.6. The molecular weight excluding hydrogens is 354 g/mol. The van der Waals surface area contributed by atoms with Crippen LogP contribution in [0.1, 0.15) is 29.3 Å². The molecule has 0 saturated carbocycles. The number of nitrogens with one attached hydrogen (secondary N) is 1. The summed E-state index contributed by atoms with van der Waals surface area (Å²) in [5, 5.41) is 13.3. The summed E-state index contributed by atoms with van der Waals surface area (Å²) in [4.78, 5) is 23.7. The normalized spacial score (nSPS) is 11.8. The Hall–Kier alpha value is -3.34. The summed E-state index contributed by atoms with van der Waals surface area (Å²) >= 11 is 0. The maximum Gasteiger partial charge on any atom is 0.325 e. The van der Waals surface area contributed by atoms with Crippen LogP contribution in [0.5, 0.6) is 5.75 Å². The zero-order valence-corrected chi connectivity index (χ0v) is 15.7. The van der Waals surface area contributed by atoms with Gasteiger partial charge in [0.15, 0.2) is 0 Å². The molecule has 28 heavy (non-hydrogen) atoms. The first-order valence-electron chi connectivity index (χ1n) is 9.28. The van der Waals surface area contributed by atoms with Crippen LogP contribution in [0.3, 0.4) is 0 Å². The van der Waals surface area contributed by atoms with E-state index in [2.05, 4.69) is 17.4 Å². The minimum atomic E-state index is -1.08. The fourth-order valence-corrected chi connectivity index (χ4v) is 3.01. The van der Waals surface area contributed by atoms with Crippen molar-refractivity contribution in [3.63, 3.8) is 0 Å². The zero-order valence-electron chi connectivity index (χ0n) is 15.7. The van der Waals surface area contributed by atoms with Crippen molar-refractivity contribution in [2.75, 3.05) is 6.61 Å². The van der Waals surface area contributed by atoms with E-state index in [0.717, 1.165) is 23.6 Å². The molecule has 0 unspecified atom stereocenters. The highest BCUT2D eigenvalue weighted by Crippen LogP contribution is 2.30. The van der Waals surface area contributed by atoms with Gasteiger partial charge in [-0.05, 0) is 36.8 Å². The number of rotatable bonds is 8. The maximum atomic E-state index is 12.6. The minimum absolute atomic E-state index is 0.339. The lowest BCUT2D eigenvalue weighted by Gasteiger charge is -2.16. The third kappa shape index (κ3) is 4.68. The Morgan fingerprint density at radius 1 is 1.00 bits per heavy atom. The summed E-state index contributed by atoms with van der Waals surface area (Å²) in [6.07, 6.45) is 1.68. The number of fused-ring (bicyclic) bond motifs is 1. The van der Waals surface area contributed by atoms with Crippen molar-refractivity contribution in [3.05, 3.63) is 77.9 Å². The van der Waals surface area contributed by atoms with Gasteiger partial charge in [-0.25, -0.2) is 0 Å². The smallest absolute Gasteiger partial charge is 0.325 e. The molecule has 0 aromatic heterocycles. The molecule has 0 bridgehead atoms. The van der Waals surface area contributed by atoms with Crippen molar-refractivity contribution in [1.29, 1.82) is 0 Å². The highest BCUT2D eigenvalue weighted by Gasteiger charge is 2.20. The van der Waals surface area contributed by atoms with Crippen LogP contribution in [0.25, 0.3) is 10.8 Å². The molecule has 0 fully saturated rings. The Bertz CT molecular complexity index is 969. The predicted octanol–water partition coefficient (Wildman–Crippen LogP) is 4.05. The Balaban J connectivity index is 1.79. The first-order valence-corrected chi connectivity index (χ1v) is 9.28. The van der Waals surface area contributed by atoms with Gasteiger partial charge in [0.1, 0.15) is 11.8 Å². The van der Waals surface area contributed by atoms with E-state index in [1.807, 2.05) is 48.5 Å². The fraction of sp³-hybridized carbons (Fsp3) is 0.217. The van der Waals surface area contributed by atoms with Gasteiger partial charge in [0.25, 0.3) is 5.91 Å². The molecule has 3 aromatic carbocycles. The van der Waals surface area contributed by atoms with Gasteiger partial charge in [0, 0.05) is 5.39 Å². The van der Waals surface area contributed by atoms with Crippen molar-refractivity contribution in [2.24, 2.45) is 0 Å². The molecule has 2 N–H and O–H groups in total. The lowest BCUT2D eigenvalue weighted by molar-refractivity contribution is -0.138. The average molecular weight is 377 g/mol. The van der Waals surface area contributed by atoms with Crippen LogP contribution in [0.4, 0.5) is 0 Å². The number of amides is 1. The van der Waals surface area contributed by atoms with Gasteiger partial charge in [-0.3, -0.25) is 9.59 Å². The summed E-state index contributed by atoms with van der Waals surface area (Å²) < 4.78 is 6.03. The van der Waals surface area contributed by atoms with E-state index in [1.165, 1.54) is 12.5 Å². The standard InChI is InChI=1S/C23H23NO4/c1-16(23(26)27)24-22(25)20-14-13-18-11-5-6-12-19(18)21(20)28-15-7-10-17-8-3-2-4-9-17/h2-6,8-9,11-14,16H,7,10,15H2,1H3,(H,24,25)(H,26,27)/t16-/m1/s1. The summed E-state index contributed by atoms with van der Waals surface area (Å²) in [5.74, 6) is -1.06. The third-order valence-electron chi connectivity index (χ3n) is 4.54. The summed E-state index contributed by atoms with van der Waals surface area (Å²) in [6, 6.07) is 20.4. The number of carbonyl (C=O) groups is 2. The van der Waals surface area contributed by atoms with Gasteiger partial charge in [0.05, 0.1) is 12.2 Å². The van der Waals surface area contributed by atoms with Gasteiger partial charge < -0.3 is 15.2 Å². The molecule has 3 rings (SSSR count). The van der Waals surface area contributed by atoms with Crippen molar-refractivity contribution in [2.45, 2.75) is 25.8 Å². The number of hydrogen-bond acceptors (Lipinski definition) is 3. The van der Waals surface area contributed by atoms with E-state index in [0.29, 0.717) is 17.9 Å². The second-order valence-corrected chi connectivity index (χ2v) is 6.63. The van der Waals surface area contributed by atoms with Crippen molar-refractivity contribution in [1.82, 2.24) is 5.32 Å². The number of carboxylic acids is 1. The lowest BCUT2D eigenvalue weighted by Crippen LogP contribution is -2.38. The van der Waals surface area contributed by atoms with E-state index in [9.17, 15) is 9.59 Å². The van der Waals surface area contributed by atoms with E-state index in [1.54, 1.807) is 6.07 Å². The number of aliphatic carboxylic acids is 1. The number of benzene rings is 3. The SMILES string of the molecule is C[C@@H](NC(=O)c1ccc2ccccc2c1OCCCc1ccccc1)C(=O)O. The molecular formula is C23H23NO4. The molecule has 1 atom stereocenters. The minimum Gasteiger partial charge on any atom is -0.492 e. The quantitative estimate of drug-likeness (QED) is 0.581. The monoisotopic (exact) mass is 377 g/mol. The Kier molecular flexibility index (Phi) is 6.27. The van der Waals surface area contributed by atoms with E-state index in [4.69, 9.17) is 9.84 Å². The molecule has 0 aliphatic heterocycles. The molecule has 0 spiro atoms. The van der Waals surface area contributed by atoms with Gasteiger partial charge >= 0.3 is 5.97 Å². The maximum absolute atomic E-state index is 12.6. The van der Waals surface area contributed by atoms with Crippen LogP contribution in [-0.2, 0) is 11.2 Å². The van der Waals surface area contributed by atoms with Gasteiger partial charge in [0.2, 0.25) is 0 Å². The molecule has 0 heterocycles. The van der Waals surface area contributed by atoms with Crippen LogP contribution in [0.2, 0.25) is 0 Å². The highest BCUT2D eigenvalue weighted by molar-refractivity contribution is 6.04. The number of carboxylic acid groups (broad SMARTS) is 1. The average Bonchev–Trinajstić information content (AvgIpc) is 2.71. The van der Waals surface area contributed by atoms with Crippen molar-refractivity contribution >= 4 is 22.6 Å². The number of aryl methyl sites for hydroxylation is 1. The molecule has 144 valence electrons. The number of ether oxygens (including phenoxy) is 1. The highest BCUT2D eigenvalue weighted by atomic mass is 16.5. The number of carbonyl (C=O) groups excluding carboxylic acids is 1. The Morgan fingerprint density at radius 3 is 2.46 bits per heavy atom. The number of hydrogen-bond donors (Lipinski definition) is 2. The van der Waals surface area contributed by atoms with Crippen LogP contribution in [0, 0.1) is 0 Å². The molecule has 0 saturated heterocycles. The summed E-state index contributed by atoms with van der Waals surface area (Å²) in [5.41, 5.74) is 1.57. The van der Waals surface area contributed by atoms with Crippen molar-refractivity contribution < 1.29 is 19.4 Å². The Labute approximate surface area is 164 Å². The first kappa shape index (κ1) is 19.4. The van der Waals surface area contributed by atoms with Crippen LogP contribution < -0.4 is 10.1 Å². The summed E-state index contributed by atoms with van der Waals surface area (Å²) in [7, 11) is 0. The van der Waals surface area contributed by atoms with Gasteiger partial charge in [-0.15, -0.1) is 0 Å². The van der Waals surface area contributed by atoms with Gasteiger partial charge in [-0.1, -0.05) is 60.7 Å². The summed E-state index contributed by atoms with van der Waals surface area (Å²) in [6.45, 7) is 1.89. The molecule has 1 amide bonds. The molecule has 0 aliphatic rings. The van der Waals surface area contributed by atoms with E-state index < -0.39 is 17.9 Å². The van der Waals surface area contributed by atoms with E-state index in [-0.39, 0.29) is 0 Å². The second-order valence-electron chi connectivity index (χ2n) is 6.63. The molecule has 3 aromatic rings. The molecule has 0 aliphatic carbocycles. The fourth-order valence-electron chi connectivity index (χ4n) is 3.01. The second kappa shape index (κ2) is 9.04. The largest absolute Gasteiger partial charge is 0.492 e. The molecule has 0 radical (unpaired) electrons. The van der Waals surface area contributed by atoms with Crippen LogP contribution in [0.15, 0.2) is 66.7 Å². The van der Waals surface area contributed by atoms with Crippen LogP contribution in [-0.4, -0.2) is 29.6 Å². The topological polar surface area (TPSA) is 75.6 Å². The predicted molar refractivity (Wildman–Crippen MR) is 109 cm³/mol. The Morgan fingerprint density at radius 2 is 1.71 bits per heavy atom. The molecule has 5 heteroatoms. The third-order valence-corrected chi connectivity index (χ3v) is 4.54. The zero-order chi connectivity index (χ0) is 19.9. The van der Waals surface area contributed by atoms with Crippen molar-refractivity contribution in [3.8, 4) is 5.75 Å². The van der Waals surface area contributed by atoms with E-state index >= 15 is 0 Å². The van der Waals surface area contributed by atoms with Crippen LogP contribution >= 0.6 is 0 Å². The lowest BCUT2D eigenvalue weighted by atomic mass is 10.0. The molecule has 5 nitrogen and oxygen atoms in total.